The van der Waals surface area contributed by atoms with E-state index in [2.05, 4.69) is 10.3 Å². The van der Waals surface area contributed by atoms with Gasteiger partial charge in [0.15, 0.2) is 0 Å². The molecule has 0 saturated carbocycles. The first-order valence-electron chi connectivity index (χ1n) is 9.12. The number of hydrogen-bond donors (Lipinski definition) is 2. The number of benzene rings is 2. The van der Waals surface area contributed by atoms with Gasteiger partial charge < -0.3 is 15.2 Å². The van der Waals surface area contributed by atoms with Gasteiger partial charge in [0.05, 0.1) is 19.0 Å². The van der Waals surface area contributed by atoms with Gasteiger partial charge in [-0.25, -0.2) is 14.6 Å². The Bertz CT molecular complexity index is 1060. The molecular formula is C23H21N3O4. The molecule has 3 rings (SSSR count). The maximum atomic E-state index is 12.6. The van der Waals surface area contributed by atoms with Crippen LogP contribution in [0.4, 0.5) is 16.2 Å². The third-order valence-electron chi connectivity index (χ3n) is 4.40. The predicted molar refractivity (Wildman–Crippen MR) is 117 cm³/mol. The molecule has 30 heavy (non-hydrogen) atoms. The number of rotatable bonds is 6. The van der Waals surface area contributed by atoms with Crippen molar-refractivity contribution in [1.29, 1.82) is 0 Å². The molecule has 0 spiro atoms. The molecule has 2 amide bonds. The van der Waals surface area contributed by atoms with Crippen molar-refractivity contribution >= 4 is 29.5 Å². The molecule has 0 fully saturated rings. The van der Waals surface area contributed by atoms with Crippen molar-refractivity contribution in [2.75, 3.05) is 24.4 Å². The molecule has 0 aliphatic rings. The van der Waals surface area contributed by atoms with Crippen LogP contribution in [0.2, 0.25) is 0 Å². The molecule has 152 valence electrons. The van der Waals surface area contributed by atoms with Crippen LogP contribution in [-0.4, -0.2) is 36.2 Å². The summed E-state index contributed by atoms with van der Waals surface area (Å²) >= 11 is 0. The van der Waals surface area contributed by atoms with Gasteiger partial charge in [-0.2, -0.15) is 0 Å². The summed E-state index contributed by atoms with van der Waals surface area (Å²) in [5, 5.41) is 11.5. The second kappa shape index (κ2) is 9.38. The molecule has 0 unspecified atom stereocenters. The molecule has 7 heteroatoms. The number of carboxylic acids is 1. The van der Waals surface area contributed by atoms with E-state index in [-0.39, 0.29) is 6.03 Å². The summed E-state index contributed by atoms with van der Waals surface area (Å²) in [6.45, 7) is 0. The molecular weight excluding hydrogens is 382 g/mol. The van der Waals surface area contributed by atoms with E-state index in [1.54, 1.807) is 19.2 Å². The number of carbonyl (C=O) groups is 2. The highest BCUT2D eigenvalue weighted by molar-refractivity contribution is 6.01. The zero-order valence-electron chi connectivity index (χ0n) is 16.6. The lowest BCUT2D eigenvalue weighted by Crippen LogP contribution is -2.31. The molecule has 3 aromatic rings. The summed E-state index contributed by atoms with van der Waals surface area (Å²) in [7, 11) is 3.22. The van der Waals surface area contributed by atoms with Crippen LogP contribution in [0.3, 0.4) is 0 Å². The number of methoxy groups -OCH3 is 1. The highest BCUT2D eigenvalue weighted by atomic mass is 16.5. The topological polar surface area (TPSA) is 91.8 Å². The lowest BCUT2D eigenvalue weighted by Gasteiger charge is -2.19. The maximum absolute atomic E-state index is 12.6. The normalized spacial score (nSPS) is 10.6. The third kappa shape index (κ3) is 5.23. The van der Waals surface area contributed by atoms with Crippen LogP contribution in [0.5, 0.6) is 5.88 Å². The zero-order chi connectivity index (χ0) is 21.5. The molecule has 1 heterocycles. The minimum absolute atomic E-state index is 0.298. The standard InChI is InChI=1S/C23H21N3O4/c1-26(23(29)25-19-11-12-21(30-2)24-15-19)20-5-3-4-18(14-20)17-9-6-16(7-10-17)8-13-22(27)28/h3-15H,1-2H3,(H,25,29)(H,27,28). The van der Waals surface area contributed by atoms with Gasteiger partial charge in [0.2, 0.25) is 5.88 Å². The van der Waals surface area contributed by atoms with Gasteiger partial charge in [0.1, 0.15) is 0 Å². The zero-order valence-corrected chi connectivity index (χ0v) is 16.6. The fourth-order valence-electron chi connectivity index (χ4n) is 2.75. The molecule has 0 aliphatic carbocycles. The summed E-state index contributed by atoms with van der Waals surface area (Å²) in [5.41, 5.74) is 3.97. The van der Waals surface area contributed by atoms with Gasteiger partial charge in [0, 0.05) is 24.9 Å². The Kier molecular flexibility index (Phi) is 6.44. The van der Waals surface area contributed by atoms with Crippen molar-refractivity contribution in [2.24, 2.45) is 0 Å². The van der Waals surface area contributed by atoms with Gasteiger partial charge in [0.25, 0.3) is 0 Å². The van der Waals surface area contributed by atoms with Crippen molar-refractivity contribution < 1.29 is 19.4 Å². The fraction of sp³-hybridized carbons (Fsp3) is 0.0870. The molecule has 0 saturated heterocycles. The first-order chi connectivity index (χ1) is 14.5. The van der Waals surface area contributed by atoms with Crippen LogP contribution in [-0.2, 0) is 4.79 Å². The van der Waals surface area contributed by atoms with E-state index in [9.17, 15) is 9.59 Å². The first-order valence-corrected chi connectivity index (χ1v) is 9.12. The molecule has 0 aliphatic heterocycles. The van der Waals surface area contributed by atoms with E-state index in [1.165, 1.54) is 24.3 Å². The number of amides is 2. The van der Waals surface area contributed by atoms with Gasteiger partial charge >= 0.3 is 12.0 Å². The molecule has 0 radical (unpaired) electrons. The molecule has 2 N–H and O–H groups in total. The van der Waals surface area contributed by atoms with E-state index >= 15 is 0 Å². The van der Waals surface area contributed by atoms with Crippen LogP contribution in [0.25, 0.3) is 17.2 Å². The van der Waals surface area contributed by atoms with Crippen molar-refractivity contribution in [3.05, 3.63) is 78.5 Å². The van der Waals surface area contributed by atoms with E-state index in [0.717, 1.165) is 28.5 Å². The highest BCUT2D eigenvalue weighted by Crippen LogP contribution is 2.25. The predicted octanol–water partition coefficient (Wildman–Crippen LogP) is 4.52. The SMILES string of the molecule is COc1ccc(NC(=O)N(C)c2cccc(-c3ccc(C=CC(=O)O)cc3)c2)cn1. The Morgan fingerprint density at radius 1 is 1.07 bits per heavy atom. The Labute approximate surface area is 174 Å². The minimum Gasteiger partial charge on any atom is -0.481 e. The summed E-state index contributed by atoms with van der Waals surface area (Å²) in [4.78, 5) is 28.8. The van der Waals surface area contributed by atoms with Crippen molar-refractivity contribution in [3.8, 4) is 17.0 Å². The second-order valence-corrected chi connectivity index (χ2v) is 6.42. The van der Waals surface area contributed by atoms with E-state index in [0.29, 0.717) is 11.6 Å². The Hall–Kier alpha value is -4.13. The smallest absolute Gasteiger partial charge is 0.328 e. The number of nitrogens with zero attached hydrogens (tertiary/aromatic N) is 2. The number of pyridine rings is 1. The summed E-state index contributed by atoms with van der Waals surface area (Å²) in [6, 6.07) is 18.2. The van der Waals surface area contributed by atoms with Gasteiger partial charge in [-0.1, -0.05) is 36.4 Å². The van der Waals surface area contributed by atoms with E-state index in [1.807, 2.05) is 48.5 Å². The maximum Gasteiger partial charge on any atom is 0.328 e. The van der Waals surface area contributed by atoms with E-state index in [4.69, 9.17) is 9.84 Å². The Morgan fingerprint density at radius 2 is 1.83 bits per heavy atom. The summed E-state index contributed by atoms with van der Waals surface area (Å²) < 4.78 is 5.01. The van der Waals surface area contributed by atoms with Crippen molar-refractivity contribution in [1.82, 2.24) is 4.98 Å². The van der Waals surface area contributed by atoms with Crippen LogP contribution in [0, 0.1) is 0 Å². The van der Waals surface area contributed by atoms with Crippen LogP contribution in [0.15, 0.2) is 72.9 Å². The second-order valence-electron chi connectivity index (χ2n) is 6.42. The number of nitrogens with one attached hydrogen (secondary N) is 1. The largest absolute Gasteiger partial charge is 0.481 e. The number of aromatic nitrogens is 1. The number of aliphatic carboxylic acids is 1. The number of carbonyl (C=O) groups excluding carboxylic acids is 1. The van der Waals surface area contributed by atoms with Gasteiger partial charge in [-0.05, 0) is 41.0 Å². The number of anilines is 2. The summed E-state index contributed by atoms with van der Waals surface area (Å²) in [6.07, 6.45) is 4.16. The highest BCUT2D eigenvalue weighted by Gasteiger charge is 2.12. The minimum atomic E-state index is -0.987. The van der Waals surface area contributed by atoms with E-state index < -0.39 is 5.97 Å². The molecule has 0 bridgehead atoms. The fourth-order valence-corrected chi connectivity index (χ4v) is 2.75. The average molecular weight is 403 g/mol. The monoisotopic (exact) mass is 403 g/mol. The van der Waals surface area contributed by atoms with Crippen molar-refractivity contribution in [2.45, 2.75) is 0 Å². The van der Waals surface area contributed by atoms with Gasteiger partial charge in [-0.3, -0.25) is 4.90 Å². The number of carboxylic acid groups (broad SMARTS) is 1. The van der Waals surface area contributed by atoms with Crippen molar-refractivity contribution in [3.63, 3.8) is 0 Å². The van der Waals surface area contributed by atoms with Crippen LogP contribution >= 0.6 is 0 Å². The van der Waals surface area contributed by atoms with Crippen LogP contribution in [0.1, 0.15) is 5.56 Å². The van der Waals surface area contributed by atoms with Gasteiger partial charge in [-0.15, -0.1) is 0 Å². The molecule has 2 aromatic carbocycles. The lowest BCUT2D eigenvalue weighted by molar-refractivity contribution is -0.131. The molecule has 7 nitrogen and oxygen atoms in total. The number of urea groups is 1. The Balaban J connectivity index is 1.73. The summed E-state index contributed by atoms with van der Waals surface area (Å²) in [5.74, 6) is -0.517. The number of ether oxygens (including phenoxy) is 1. The third-order valence-corrected chi connectivity index (χ3v) is 4.40. The average Bonchev–Trinajstić information content (AvgIpc) is 2.78. The number of hydrogen-bond acceptors (Lipinski definition) is 4. The molecule has 0 atom stereocenters. The van der Waals surface area contributed by atoms with Crippen LogP contribution < -0.4 is 15.0 Å². The Morgan fingerprint density at radius 3 is 2.47 bits per heavy atom. The quantitative estimate of drug-likeness (QED) is 0.590. The first kappa shape index (κ1) is 20.6. The lowest BCUT2D eigenvalue weighted by atomic mass is 10.0. The molecule has 1 aromatic heterocycles.